The topological polar surface area (TPSA) is 69.8 Å². The van der Waals surface area contributed by atoms with Crippen LogP contribution < -0.4 is 10.6 Å². The molecule has 0 aliphatic carbocycles. The van der Waals surface area contributed by atoms with Crippen molar-refractivity contribution in [3.05, 3.63) is 23.8 Å². The minimum Gasteiger partial charge on any atom is -0.478 e. The highest BCUT2D eigenvalue weighted by Crippen LogP contribution is 2.34. The second-order valence-corrected chi connectivity index (χ2v) is 6.27. The number of fused-ring (bicyclic) bond motifs is 1. The molecule has 0 radical (unpaired) electrons. The summed E-state index contributed by atoms with van der Waals surface area (Å²) in [4.78, 5) is 16.1. The van der Waals surface area contributed by atoms with Gasteiger partial charge < -0.3 is 20.6 Å². The van der Waals surface area contributed by atoms with Crippen LogP contribution >= 0.6 is 0 Å². The van der Waals surface area contributed by atoms with Gasteiger partial charge in [0.2, 0.25) is 0 Å². The maximum absolute atomic E-state index is 11.4. The molecule has 5 nitrogen and oxygen atoms in total. The number of carboxylic acids is 1. The smallest absolute Gasteiger partial charge is 0.337 e. The average molecular weight is 289 g/mol. The fraction of sp³-hybridized carbons (Fsp3) is 0.562. The van der Waals surface area contributed by atoms with Crippen molar-refractivity contribution in [3.63, 3.8) is 0 Å². The molecule has 2 aliphatic heterocycles. The van der Waals surface area contributed by atoms with Gasteiger partial charge in [0.1, 0.15) is 0 Å². The lowest BCUT2D eigenvalue weighted by Gasteiger charge is -2.46. The molecule has 1 aromatic rings. The SMILES string of the molecule is CN1CCCC2CN(c3cc(N)ccc3C(=O)O)CCC21. The molecule has 2 fully saturated rings. The van der Waals surface area contributed by atoms with Crippen LogP contribution in [0.15, 0.2) is 18.2 Å². The number of anilines is 2. The molecular weight excluding hydrogens is 266 g/mol. The number of likely N-dealkylation sites (tertiary alicyclic amines) is 1. The van der Waals surface area contributed by atoms with Gasteiger partial charge in [-0.25, -0.2) is 4.79 Å². The molecule has 1 aromatic carbocycles. The molecule has 2 unspecified atom stereocenters. The number of hydrogen-bond donors (Lipinski definition) is 2. The van der Waals surface area contributed by atoms with Gasteiger partial charge in [0, 0.05) is 24.8 Å². The molecule has 2 saturated heterocycles. The highest BCUT2D eigenvalue weighted by Gasteiger charge is 2.35. The molecule has 2 atom stereocenters. The molecular formula is C16H23N3O2. The molecule has 3 rings (SSSR count). The van der Waals surface area contributed by atoms with Gasteiger partial charge in [0.15, 0.2) is 0 Å². The fourth-order valence-electron chi connectivity index (χ4n) is 3.86. The van der Waals surface area contributed by atoms with Crippen LogP contribution in [0.5, 0.6) is 0 Å². The Morgan fingerprint density at radius 1 is 1.33 bits per heavy atom. The molecule has 0 bridgehead atoms. The molecule has 2 aliphatic rings. The lowest BCUT2D eigenvalue weighted by atomic mass is 9.84. The van der Waals surface area contributed by atoms with Gasteiger partial charge >= 0.3 is 5.97 Å². The highest BCUT2D eigenvalue weighted by atomic mass is 16.4. The van der Waals surface area contributed by atoms with Crippen LogP contribution in [0.3, 0.4) is 0 Å². The van der Waals surface area contributed by atoms with E-state index in [9.17, 15) is 9.90 Å². The van der Waals surface area contributed by atoms with Crippen LogP contribution in [-0.2, 0) is 0 Å². The van der Waals surface area contributed by atoms with Crippen LogP contribution in [0, 0.1) is 5.92 Å². The maximum atomic E-state index is 11.4. The zero-order valence-electron chi connectivity index (χ0n) is 12.5. The second kappa shape index (κ2) is 5.56. The maximum Gasteiger partial charge on any atom is 0.337 e. The average Bonchev–Trinajstić information content (AvgIpc) is 2.46. The third kappa shape index (κ3) is 2.70. The van der Waals surface area contributed by atoms with Crippen LogP contribution in [0.4, 0.5) is 11.4 Å². The van der Waals surface area contributed by atoms with Crippen LogP contribution in [0.25, 0.3) is 0 Å². The van der Waals surface area contributed by atoms with Gasteiger partial charge in [-0.1, -0.05) is 0 Å². The fourth-order valence-corrected chi connectivity index (χ4v) is 3.86. The van der Waals surface area contributed by atoms with Gasteiger partial charge in [-0.05, 0) is 57.0 Å². The summed E-state index contributed by atoms with van der Waals surface area (Å²) in [5.74, 6) is -0.256. The van der Waals surface area contributed by atoms with Crippen molar-refractivity contribution in [2.75, 3.05) is 37.3 Å². The summed E-state index contributed by atoms with van der Waals surface area (Å²) >= 11 is 0. The Kier molecular flexibility index (Phi) is 3.76. The zero-order chi connectivity index (χ0) is 15.0. The van der Waals surface area contributed by atoms with Crippen LogP contribution in [0.2, 0.25) is 0 Å². The number of piperidine rings is 2. The molecule has 0 saturated carbocycles. The second-order valence-electron chi connectivity index (χ2n) is 6.27. The summed E-state index contributed by atoms with van der Waals surface area (Å²) in [5, 5.41) is 9.39. The van der Waals surface area contributed by atoms with Crippen LogP contribution in [-0.4, -0.2) is 48.7 Å². The summed E-state index contributed by atoms with van der Waals surface area (Å²) in [6.45, 7) is 3.01. The monoisotopic (exact) mass is 289 g/mol. The van der Waals surface area contributed by atoms with E-state index in [-0.39, 0.29) is 0 Å². The first-order valence-corrected chi connectivity index (χ1v) is 7.64. The van der Waals surface area contributed by atoms with E-state index >= 15 is 0 Å². The molecule has 21 heavy (non-hydrogen) atoms. The first-order chi connectivity index (χ1) is 10.1. The first-order valence-electron chi connectivity index (χ1n) is 7.64. The molecule has 0 aromatic heterocycles. The Morgan fingerprint density at radius 3 is 2.90 bits per heavy atom. The van der Waals surface area contributed by atoms with Crippen molar-refractivity contribution in [1.29, 1.82) is 0 Å². The van der Waals surface area contributed by atoms with Crippen molar-refractivity contribution < 1.29 is 9.90 Å². The standard InChI is InChI=1S/C16H23N3O2/c1-18-7-2-3-11-10-19(8-6-14(11)18)15-9-12(17)4-5-13(15)16(20)21/h4-5,9,11,14H,2-3,6-8,10,17H2,1H3,(H,20,21). The number of nitrogen functional groups attached to an aromatic ring is 1. The van der Waals surface area contributed by atoms with Gasteiger partial charge in [-0.15, -0.1) is 0 Å². The number of carboxylic acid groups (broad SMARTS) is 1. The Hall–Kier alpha value is -1.75. The third-order valence-corrected chi connectivity index (χ3v) is 4.94. The number of aromatic carboxylic acids is 1. The van der Waals surface area contributed by atoms with E-state index in [2.05, 4.69) is 16.8 Å². The minimum atomic E-state index is -0.882. The predicted octanol–water partition coefficient (Wildman–Crippen LogP) is 1.89. The van der Waals surface area contributed by atoms with E-state index < -0.39 is 5.97 Å². The van der Waals surface area contributed by atoms with Gasteiger partial charge in [0.25, 0.3) is 0 Å². The summed E-state index contributed by atoms with van der Waals surface area (Å²) in [7, 11) is 2.20. The molecule has 2 heterocycles. The van der Waals surface area contributed by atoms with E-state index in [4.69, 9.17) is 5.73 Å². The highest BCUT2D eigenvalue weighted by molar-refractivity contribution is 5.95. The lowest BCUT2D eigenvalue weighted by molar-refractivity contribution is 0.0696. The third-order valence-electron chi connectivity index (χ3n) is 4.94. The Bertz CT molecular complexity index is 546. The van der Waals surface area contributed by atoms with E-state index in [0.717, 1.165) is 25.2 Å². The summed E-state index contributed by atoms with van der Waals surface area (Å²) in [6.07, 6.45) is 3.56. The molecule has 0 spiro atoms. The lowest BCUT2D eigenvalue weighted by Crippen LogP contribution is -2.53. The zero-order valence-corrected chi connectivity index (χ0v) is 12.5. The molecule has 3 N–H and O–H groups in total. The van der Waals surface area contributed by atoms with Crippen molar-refractivity contribution in [2.24, 2.45) is 5.92 Å². The number of carbonyl (C=O) groups is 1. The van der Waals surface area contributed by atoms with E-state index in [1.807, 2.05) is 0 Å². The van der Waals surface area contributed by atoms with Gasteiger partial charge in [-0.3, -0.25) is 0 Å². The normalized spacial score (nSPS) is 26.4. The summed E-state index contributed by atoms with van der Waals surface area (Å²) < 4.78 is 0. The van der Waals surface area contributed by atoms with E-state index in [1.165, 1.54) is 19.4 Å². The number of nitrogens with two attached hydrogens (primary N) is 1. The van der Waals surface area contributed by atoms with E-state index in [0.29, 0.717) is 23.2 Å². The van der Waals surface area contributed by atoms with Crippen LogP contribution in [0.1, 0.15) is 29.6 Å². The van der Waals surface area contributed by atoms with Crippen molar-refractivity contribution in [2.45, 2.75) is 25.3 Å². The molecule has 5 heteroatoms. The number of nitrogens with zero attached hydrogens (tertiary/aromatic N) is 2. The number of rotatable bonds is 2. The minimum absolute atomic E-state index is 0.354. The molecule has 114 valence electrons. The Morgan fingerprint density at radius 2 is 2.14 bits per heavy atom. The Balaban J connectivity index is 1.85. The predicted molar refractivity (Wildman–Crippen MR) is 83.8 cm³/mol. The summed E-state index contributed by atoms with van der Waals surface area (Å²) in [5.41, 5.74) is 7.61. The number of benzene rings is 1. The van der Waals surface area contributed by atoms with E-state index in [1.54, 1.807) is 18.2 Å². The van der Waals surface area contributed by atoms with Crippen molar-refractivity contribution >= 4 is 17.3 Å². The van der Waals surface area contributed by atoms with Crippen molar-refractivity contribution in [1.82, 2.24) is 4.90 Å². The first kappa shape index (κ1) is 14.2. The van der Waals surface area contributed by atoms with Crippen molar-refractivity contribution in [3.8, 4) is 0 Å². The largest absolute Gasteiger partial charge is 0.478 e. The van der Waals surface area contributed by atoms with Gasteiger partial charge in [0.05, 0.1) is 11.3 Å². The number of hydrogen-bond acceptors (Lipinski definition) is 4. The summed E-state index contributed by atoms with van der Waals surface area (Å²) in [6, 6.07) is 5.72. The quantitative estimate of drug-likeness (QED) is 0.814. The van der Waals surface area contributed by atoms with Gasteiger partial charge in [-0.2, -0.15) is 0 Å². The Labute approximate surface area is 125 Å². The molecule has 0 amide bonds.